The lowest BCUT2D eigenvalue weighted by Crippen LogP contribution is -2.41. The predicted molar refractivity (Wildman–Crippen MR) is 84.7 cm³/mol. The highest BCUT2D eigenvalue weighted by Gasteiger charge is 2.24. The summed E-state index contributed by atoms with van der Waals surface area (Å²) in [5.74, 6) is 1.33. The van der Waals surface area contributed by atoms with Gasteiger partial charge >= 0.3 is 0 Å². The largest absolute Gasteiger partial charge is 0.356 e. The van der Waals surface area contributed by atoms with Gasteiger partial charge in [-0.15, -0.1) is 0 Å². The van der Waals surface area contributed by atoms with Gasteiger partial charge in [0.15, 0.2) is 0 Å². The first-order chi connectivity index (χ1) is 9.30. The molecule has 1 saturated heterocycles. The van der Waals surface area contributed by atoms with Gasteiger partial charge in [0, 0.05) is 19.5 Å². The Bertz CT molecular complexity index is 296. The summed E-state index contributed by atoms with van der Waals surface area (Å²) in [5, 5.41) is 6.54. The molecule has 0 aromatic heterocycles. The first-order valence-electron chi connectivity index (χ1n) is 7.92. The molecule has 0 saturated carbocycles. The molecular formula is C16H33N3O. The minimum atomic E-state index is 0.120. The Kier molecular flexibility index (Phi) is 6.96. The number of piperidine rings is 1. The van der Waals surface area contributed by atoms with Crippen molar-refractivity contribution in [3.8, 4) is 0 Å². The molecule has 1 aliphatic rings. The second-order valence-corrected chi connectivity index (χ2v) is 7.47. The normalized spacial score (nSPS) is 21.8. The molecule has 1 amide bonds. The summed E-state index contributed by atoms with van der Waals surface area (Å²) in [7, 11) is 4.14. The summed E-state index contributed by atoms with van der Waals surface area (Å²) in [4.78, 5) is 14.3. The van der Waals surface area contributed by atoms with E-state index < -0.39 is 0 Å². The topological polar surface area (TPSA) is 44.4 Å². The quantitative estimate of drug-likeness (QED) is 0.748. The minimum Gasteiger partial charge on any atom is -0.356 e. The van der Waals surface area contributed by atoms with Gasteiger partial charge in [0.1, 0.15) is 0 Å². The van der Waals surface area contributed by atoms with Crippen LogP contribution in [0.15, 0.2) is 0 Å². The minimum absolute atomic E-state index is 0.120. The first kappa shape index (κ1) is 17.4. The number of carbonyl (C=O) groups excluding carboxylic acids is 1. The molecule has 1 heterocycles. The fraction of sp³-hybridized carbons (Fsp3) is 0.938. The van der Waals surface area contributed by atoms with E-state index in [0.717, 1.165) is 26.2 Å². The fourth-order valence-electron chi connectivity index (χ4n) is 3.15. The van der Waals surface area contributed by atoms with E-state index >= 15 is 0 Å². The van der Waals surface area contributed by atoms with Crippen LogP contribution in [0.25, 0.3) is 0 Å². The van der Waals surface area contributed by atoms with E-state index in [1.54, 1.807) is 0 Å². The number of hydrogen-bond donors (Lipinski definition) is 2. The van der Waals surface area contributed by atoms with Crippen LogP contribution >= 0.6 is 0 Å². The van der Waals surface area contributed by atoms with Crippen molar-refractivity contribution in [3.63, 3.8) is 0 Å². The average Bonchev–Trinajstić information content (AvgIpc) is 2.36. The van der Waals surface area contributed by atoms with Gasteiger partial charge in [-0.25, -0.2) is 0 Å². The monoisotopic (exact) mass is 283 g/mol. The van der Waals surface area contributed by atoms with Gasteiger partial charge in [-0.05, 0) is 57.3 Å². The average molecular weight is 283 g/mol. The van der Waals surface area contributed by atoms with Crippen molar-refractivity contribution in [1.82, 2.24) is 15.5 Å². The Labute approximate surface area is 124 Å². The second kappa shape index (κ2) is 7.99. The molecule has 2 unspecified atom stereocenters. The van der Waals surface area contributed by atoms with Crippen LogP contribution in [0.5, 0.6) is 0 Å². The zero-order chi connectivity index (χ0) is 15.2. The molecule has 2 atom stereocenters. The summed E-state index contributed by atoms with van der Waals surface area (Å²) in [6.07, 6.45) is 3.16. The molecule has 0 aromatic carbocycles. The zero-order valence-electron chi connectivity index (χ0n) is 14.0. The lowest BCUT2D eigenvalue weighted by molar-refractivity contribution is -0.122. The van der Waals surface area contributed by atoms with Gasteiger partial charge in [0.05, 0.1) is 0 Å². The molecule has 1 aliphatic heterocycles. The van der Waals surface area contributed by atoms with Crippen molar-refractivity contribution in [2.24, 2.45) is 17.3 Å². The smallest absolute Gasteiger partial charge is 0.220 e. The van der Waals surface area contributed by atoms with Crippen molar-refractivity contribution >= 4 is 5.91 Å². The van der Waals surface area contributed by atoms with Crippen LogP contribution in [0.2, 0.25) is 0 Å². The fourth-order valence-corrected chi connectivity index (χ4v) is 3.15. The number of amides is 1. The van der Waals surface area contributed by atoms with Gasteiger partial charge in [-0.1, -0.05) is 20.8 Å². The summed E-state index contributed by atoms with van der Waals surface area (Å²) >= 11 is 0. The Hall–Kier alpha value is -0.610. The highest BCUT2D eigenvalue weighted by molar-refractivity contribution is 5.76. The first-order valence-corrected chi connectivity index (χ1v) is 7.92. The number of hydrogen-bond acceptors (Lipinski definition) is 3. The Morgan fingerprint density at radius 1 is 1.45 bits per heavy atom. The van der Waals surface area contributed by atoms with Gasteiger partial charge in [0.2, 0.25) is 5.91 Å². The van der Waals surface area contributed by atoms with E-state index in [2.05, 4.69) is 50.4 Å². The second-order valence-electron chi connectivity index (χ2n) is 7.47. The summed E-state index contributed by atoms with van der Waals surface area (Å²) in [5.41, 5.74) is 0.120. The van der Waals surface area contributed by atoms with E-state index in [1.807, 2.05) is 0 Å². The van der Waals surface area contributed by atoms with E-state index in [-0.39, 0.29) is 11.3 Å². The zero-order valence-corrected chi connectivity index (χ0v) is 14.0. The van der Waals surface area contributed by atoms with Crippen molar-refractivity contribution < 1.29 is 4.79 Å². The lowest BCUT2D eigenvalue weighted by atomic mass is 9.85. The maximum Gasteiger partial charge on any atom is 0.220 e. The van der Waals surface area contributed by atoms with Crippen LogP contribution in [-0.2, 0) is 4.79 Å². The van der Waals surface area contributed by atoms with Crippen LogP contribution in [-0.4, -0.2) is 51.1 Å². The Morgan fingerprint density at radius 3 is 2.70 bits per heavy atom. The van der Waals surface area contributed by atoms with E-state index in [1.165, 1.54) is 12.8 Å². The lowest BCUT2D eigenvalue weighted by Gasteiger charge is -2.30. The molecular weight excluding hydrogens is 250 g/mol. The predicted octanol–water partition coefficient (Wildman–Crippen LogP) is 1.72. The van der Waals surface area contributed by atoms with Crippen LogP contribution in [0.1, 0.15) is 40.0 Å². The molecule has 4 heteroatoms. The molecule has 0 bridgehead atoms. The molecule has 4 nitrogen and oxygen atoms in total. The summed E-state index contributed by atoms with van der Waals surface area (Å²) in [6.45, 7) is 10.5. The van der Waals surface area contributed by atoms with Crippen molar-refractivity contribution in [1.29, 1.82) is 0 Å². The van der Waals surface area contributed by atoms with Gasteiger partial charge in [-0.2, -0.15) is 0 Å². The van der Waals surface area contributed by atoms with Crippen LogP contribution in [0.4, 0.5) is 0 Å². The molecule has 2 N–H and O–H groups in total. The number of carbonyl (C=O) groups is 1. The summed E-state index contributed by atoms with van der Waals surface area (Å²) in [6, 6.07) is 0. The molecule has 0 spiro atoms. The highest BCUT2D eigenvalue weighted by atomic mass is 16.1. The highest BCUT2D eigenvalue weighted by Crippen LogP contribution is 2.22. The Balaban J connectivity index is 2.28. The van der Waals surface area contributed by atoms with Gasteiger partial charge < -0.3 is 15.5 Å². The third kappa shape index (κ3) is 6.71. The van der Waals surface area contributed by atoms with Crippen molar-refractivity contribution in [2.45, 2.75) is 40.0 Å². The Morgan fingerprint density at radius 2 is 2.15 bits per heavy atom. The molecule has 0 radical (unpaired) electrons. The maximum absolute atomic E-state index is 12.1. The SMILES string of the molecule is CC(CC(=O)NCC(C)(C)CN(C)C)C1CCCNC1. The van der Waals surface area contributed by atoms with Crippen LogP contribution in [0.3, 0.4) is 0 Å². The van der Waals surface area contributed by atoms with Crippen LogP contribution < -0.4 is 10.6 Å². The van der Waals surface area contributed by atoms with Crippen LogP contribution in [0, 0.1) is 17.3 Å². The van der Waals surface area contributed by atoms with Crippen molar-refractivity contribution in [2.75, 3.05) is 40.3 Å². The molecule has 0 aliphatic carbocycles. The van der Waals surface area contributed by atoms with E-state index in [0.29, 0.717) is 18.3 Å². The number of nitrogens with one attached hydrogen (secondary N) is 2. The number of rotatable bonds is 7. The van der Waals surface area contributed by atoms with E-state index in [9.17, 15) is 4.79 Å². The molecule has 1 fully saturated rings. The van der Waals surface area contributed by atoms with Gasteiger partial charge in [0.25, 0.3) is 0 Å². The maximum atomic E-state index is 12.1. The number of nitrogens with zero attached hydrogens (tertiary/aromatic N) is 1. The summed E-state index contributed by atoms with van der Waals surface area (Å²) < 4.78 is 0. The molecule has 1 rings (SSSR count). The van der Waals surface area contributed by atoms with Gasteiger partial charge in [-0.3, -0.25) is 4.79 Å². The standard InChI is InChI=1S/C16H33N3O/c1-13(14-7-6-8-17-10-14)9-15(20)18-11-16(2,3)12-19(4)5/h13-14,17H,6-12H2,1-5H3,(H,18,20). The van der Waals surface area contributed by atoms with E-state index in [4.69, 9.17) is 0 Å². The third-order valence-corrected chi connectivity index (χ3v) is 4.16. The third-order valence-electron chi connectivity index (χ3n) is 4.16. The molecule has 0 aromatic rings. The molecule has 20 heavy (non-hydrogen) atoms. The molecule has 118 valence electrons. The van der Waals surface area contributed by atoms with Crippen molar-refractivity contribution in [3.05, 3.63) is 0 Å².